The Morgan fingerprint density at radius 2 is 1.83 bits per heavy atom. The van der Waals surface area contributed by atoms with Crippen LogP contribution in [-0.4, -0.2) is 37.1 Å². The minimum atomic E-state index is -0.244. The molecule has 2 aromatic carbocycles. The third-order valence-corrected chi connectivity index (χ3v) is 4.14. The van der Waals surface area contributed by atoms with Gasteiger partial charge in [-0.05, 0) is 31.2 Å². The minimum Gasteiger partial charge on any atom is -0.497 e. The first-order valence-corrected chi connectivity index (χ1v) is 8.87. The molecule has 0 radical (unpaired) electrons. The lowest BCUT2D eigenvalue weighted by molar-refractivity contribution is 0.0960. The van der Waals surface area contributed by atoms with Crippen LogP contribution in [0.2, 0.25) is 0 Å². The predicted octanol–water partition coefficient (Wildman–Crippen LogP) is 3.70. The highest BCUT2D eigenvalue weighted by Gasteiger charge is 2.14. The van der Waals surface area contributed by atoms with Gasteiger partial charge in [0.05, 0.1) is 25.5 Å². The predicted molar refractivity (Wildman–Crippen MR) is 110 cm³/mol. The van der Waals surface area contributed by atoms with Crippen molar-refractivity contribution in [2.24, 2.45) is 0 Å². The highest BCUT2D eigenvalue weighted by molar-refractivity contribution is 5.96. The van der Waals surface area contributed by atoms with Crippen LogP contribution in [0.25, 0.3) is 0 Å². The first kappa shape index (κ1) is 19.9. The largest absolute Gasteiger partial charge is 0.497 e. The first-order chi connectivity index (χ1) is 14.0. The second-order valence-electron chi connectivity index (χ2n) is 6.05. The Morgan fingerprint density at radius 1 is 1.03 bits per heavy atom. The summed E-state index contributed by atoms with van der Waals surface area (Å²) in [6.07, 6.45) is 1.64. The smallest absolute Gasteiger partial charge is 0.254 e. The van der Waals surface area contributed by atoms with Gasteiger partial charge in [-0.15, -0.1) is 0 Å². The van der Waals surface area contributed by atoms with Gasteiger partial charge in [0.1, 0.15) is 17.2 Å². The van der Waals surface area contributed by atoms with Crippen LogP contribution in [-0.2, 0) is 0 Å². The van der Waals surface area contributed by atoms with Gasteiger partial charge >= 0.3 is 0 Å². The van der Waals surface area contributed by atoms with Crippen molar-refractivity contribution < 1.29 is 19.0 Å². The fourth-order valence-electron chi connectivity index (χ4n) is 2.60. The summed E-state index contributed by atoms with van der Waals surface area (Å²) < 4.78 is 16.6. The molecule has 1 heterocycles. The number of nitrogens with zero attached hydrogens (tertiary/aromatic N) is 2. The van der Waals surface area contributed by atoms with Crippen molar-refractivity contribution in [3.8, 4) is 23.1 Å². The van der Waals surface area contributed by atoms with E-state index in [1.54, 1.807) is 69.9 Å². The maximum Gasteiger partial charge on any atom is 0.254 e. The number of aryl methyl sites for hydroxylation is 1. The van der Waals surface area contributed by atoms with Crippen molar-refractivity contribution in [1.29, 1.82) is 0 Å². The molecular formula is C21H22N4O4. The van der Waals surface area contributed by atoms with Crippen molar-refractivity contribution in [2.45, 2.75) is 6.92 Å². The zero-order valence-electron chi connectivity index (χ0n) is 16.6. The number of benzene rings is 2. The number of methoxy groups -OCH3 is 2. The lowest BCUT2D eigenvalue weighted by Crippen LogP contribution is -2.18. The second-order valence-corrected chi connectivity index (χ2v) is 6.05. The standard InChI is InChI=1S/C21H22N4O4/c1-13-12-23-21(24-16-11-14(27-3)9-10-18(16)28-4)25-20(13)29-17-8-6-5-7-15(17)19(26)22-2/h5-12H,1-4H3,(H,22,26)(H,23,24,25). The number of carbonyl (C=O) groups excluding carboxylic acids is 1. The maximum absolute atomic E-state index is 12.1. The van der Waals surface area contributed by atoms with Gasteiger partial charge in [0.2, 0.25) is 11.8 Å². The molecule has 0 saturated heterocycles. The van der Waals surface area contributed by atoms with Gasteiger partial charge in [0, 0.05) is 24.9 Å². The van der Waals surface area contributed by atoms with E-state index in [2.05, 4.69) is 20.6 Å². The van der Waals surface area contributed by atoms with E-state index < -0.39 is 0 Å². The number of anilines is 2. The van der Waals surface area contributed by atoms with E-state index in [-0.39, 0.29) is 5.91 Å². The number of aromatic nitrogens is 2. The van der Waals surface area contributed by atoms with E-state index in [4.69, 9.17) is 14.2 Å². The van der Waals surface area contributed by atoms with Crippen LogP contribution in [0.3, 0.4) is 0 Å². The molecule has 0 spiro atoms. The Bertz CT molecular complexity index is 1020. The number of amides is 1. The number of carbonyl (C=O) groups is 1. The molecular weight excluding hydrogens is 372 g/mol. The van der Waals surface area contributed by atoms with Crippen LogP contribution in [0.4, 0.5) is 11.6 Å². The molecule has 8 nitrogen and oxygen atoms in total. The zero-order chi connectivity index (χ0) is 20.8. The van der Waals surface area contributed by atoms with Crippen molar-refractivity contribution in [3.63, 3.8) is 0 Å². The van der Waals surface area contributed by atoms with Gasteiger partial charge < -0.3 is 24.8 Å². The lowest BCUT2D eigenvalue weighted by Gasteiger charge is -2.14. The normalized spacial score (nSPS) is 10.2. The van der Waals surface area contributed by atoms with Gasteiger partial charge in [-0.3, -0.25) is 4.79 Å². The SMILES string of the molecule is CNC(=O)c1ccccc1Oc1nc(Nc2cc(OC)ccc2OC)ncc1C. The molecule has 0 fully saturated rings. The molecule has 1 aromatic heterocycles. The van der Waals surface area contributed by atoms with E-state index in [0.29, 0.717) is 40.3 Å². The number of para-hydroxylation sites is 1. The topological polar surface area (TPSA) is 94.6 Å². The molecule has 0 atom stereocenters. The molecule has 3 rings (SSSR count). The van der Waals surface area contributed by atoms with E-state index in [9.17, 15) is 4.79 Å². The van der Waals surface area contributed by atoms with Gasteiger partial charge in [-0.2, -0.15) is 4.98 Å². The summed E-state index contributed by atoms with van der Waals surface area (Å²) in [5, 5.41) is 5.71. The summed E-state index contributed by atoms with van der Waals surface area (Å²) in [5.41, 5.74) is 1.78. The highest BCUT2D eigenvalue weighted by atomic mass is 16.5. The molecule has 0 bridgehead atoms. The summed E-state index contributed by atoms with van der Waals surface area (Å²) in [7, 11) is 4.73. The molecule has 0 unspecified atom stereocenters. The first-order valence-electron chi connectivity index (χ1n) is 8.87. The van der Waals surface area contributed by atoms with Crippen molar-refractivity contribution >= 4 is 17.5 Å². The van der Waals surface area contributed by atoms with Gasteiger partial charge in [-0.1, -0.05) is 12.1 Å². The summed E-state index contributed by atoms with van der Waals surface area (Å²) in [6.45, 7) is 1.83. The Balaban J connectivity index is 1.91. The average Bonchev–Trinajstić information content (AvgIpc) is 2.75. The van der Waals surface area contributed by atoms with Gasteiger partial charge in [0.25, 0.3) is 5.91 Å². The Labute approximate surface area is 168 Å². The molecule has 0 aliphatic rings. The Hall–Kier alpha value is -3.81. The quantitative estimate of drug-likeness (QED) is 0.631. The number of hydrogen-bond donors (Lipinski definition) is 2. The summed E-state index contributed by atoms with van der Waals surface area (Å²) in [5.74, 6) is 2.08. The van der Waals surface area contributed by atoms with Crippen LogP contribution in [0.1, 0.15) is 15.9 Å². The van der Waals surface area contributed by atoms with E-state index in [0.717, 1.165) is 5.56 Å². The molecule has 0 aliphatic heterocycles. The molecule has 3 aromatic rings. The third kappa shape index (κ3) is 4.55. The zero-order valence-corrected chi connectivity index (χ0v) is 16.6. The van der Waals surface area contributed by atoms with Crippen LogP contribution < -0.4 is 24.8 Å². The number of nitrogens with one attached hydrogen (secondary N) is 2. The van der Waals surface area contributed by atoms with Crippen LogP contribution in [0.15, 0.2) is 48.7 Å². The second kappa shape index (κ2) is 8.92. The molecule has 0 aliphatic carbocycles. The number of hydrogen-bond acceptors (Lipinski definition) is 7. The molecule has 8 heteroatoms. The Kier molecular flexibility index (Phi) is 6.13. The summed E-state index contributed by atoms with van der Waals surface area (Å²) >= 11 is 0. The van der Waals surface area contributed by atoms with Crippen LogP contribution >= 0.6 is 0 Å². The maximum atomic E-state index is 12.1. The molecule has 1 amide bonds. The molecule has 0 saturated carbocycles. The van der Waals surface area contributed by atoms with Gasteiger partial charge in [0.15, 0.2) is 0 Å². The van der Waals surface area contributed by atoms with Crippen molar-refractivity contribution in [2.75, 3.05) is 26.6 Å². The van der Waals surface area contributed by atoms with E-state index >= 15 is 0 Å². The average molecular weight is 394 g/mol. The van der Waals surface area contributed by atoms with E-state index in [1.807, 2.05) is 6.92 Å². The van der Waals surface area contributed by atoms with Crippen molar-refractivity contribution in [1.82, 2.24) is 15.3 Å². The lowest BCUT2D eigenvalue weighted by atomic mass is 10.2. The fourth-order valence-corrected chi connectivity index (χ4v) is 2.60. The third-order valence-electron chi connectivity index (χ3n) is 4.14. The number of ether oxygens (including phenoxy) is 3. The van der Waals surface area contributed by atoms with Gasteiger partial charge in [-0.25, -0.2) is 4.98 Å². The summed E-state index contributed by atoms with van der Waals surface area (Å²) in [4.78, 5) is 20.8. The monoisotopic (exact) mass is 394 g/mol. The highest BCUT2D eigenvalue weighted by Crippen LogP contribution is 2.32. The number of rotatable bonds is 7. The molecule has 2 N–H and O–H groups in total. The Morgan fingerprint density at radius 3 is 2.55 bits per heavy atom. The summed E-state index contributed by atoms with van der Waals surface area (Å²) in [6, 6.07) is 12.3. The fraction of sp³-hybridized carbons (Fsp3) is 0.190. The molecule has 150 valence electrons. The minimum absolute atomic E-state index is 0.244. The van der Waals surface area contributed by atoms with E-state index in [1.165, 1.54) is 0 Å². The molecule has 29 heavy (non-hydrogen) atoms. The van der Waals surface area contributed by atoms with Crippen LogP contribution in [0, 0.1) is 6.92 Å². The van der Waals surface area contributed by atoms with Crippen LogP contribution in [0.5, 0.6) is 23.1 Å². The van der Waals surface area contributed by atoms with Crippen molar-refractivity contribution in [3.05, 3.63) is 59.8 Å².